The van der Waals surface area contributed by atoms with E-state index in [0.29, 0.717) is 0 Å². The number of methoxy groups -OCH3 is 1. The van der Waals surface area contributed by atoms with Gasteiger partial charge in [-0.2, -0.15) is 11.3 Å². The summed E-state index contributed by atoms with van der Waals surface area (Å²) in [5.41, 5.74) is 4.64. The van der Waals surface area contributed by atoms with Gasteiger partial charge in [0.2, 0.25) is 10.0 Å². The summed E-state index contributed by atoms with van der Waals surface area (Å²) < 4.78 is 33.3. The molecule has 0 amide bonds. The second kappa shape index (κ2) is 8.79. The first kappa shape index (κ1) is 20.3. The lowest BCUT2D eigenvalue weighted by atomic mass is 10.1. The lowest BCUT2D eigenvalue weighted by Gasteiger charge is -2.09. The molecule has 0 aliphatic heterocycles. The van der Waals surface area contributed by atoms with Crippen LogP contribution in [-0.4, -0.2) is 20.5 Å². The Morgan fingerprint density at radius 3 is 2.27 bits per heavy atom. The van der Waals surface area contributed by atoms with Crippen molar-refractivity contribution in [2.75, 3.05) is 7.11 Å². The minimum absolute atomic E-state index is 0.197. The van der Waals surface area contributed by atoms with E-state index in [1.165, 1.54) is 0 Å². The molecular weight excluding hydrogens is 416 g/mol. The molecule has 0 atom stereocenters. The summed E-state index contributed by atoms with van der Waals surface area (Å²) >= 11 is 1.60. The van der Waals surface area contributed by atoms with Gasteiger partial charge in [0.25, 0.3) is 0 Å². The molecule has 30 heavy (non-hydrogen) atoms. The number of pyridine rings is 1. The van der Waals surface area contributed by atoms with Crippen LogP contribution in [-0.2, 0) is 16.6 Å². The number of nitrogens with zero attached hydrogens (tertiary/aromatic N) is 1. The standard InChI is InChI=1S/C23H20N2O3S2/c1-28-21-6-2-18(3-7-21)19-4-8-22(9-5-19)30(26,27)25-15-17-10-12-24-23(14-17)20-11-13-29-16-20/h2-14,16,25H,15H2,1H3. The van der Waals surface area contributed by atoms with Crippen LogP contribution >= 0.6 is 11.3 Å². The van der Waals surface area contributed by atoms with E-state index in [-0.39, 0.29) is 11.4 Å². The van der Waals surface area contributed by atoms with E-state index in [1.807, 2.05) is 53.2 Å². The van der Waals surface area contributed by atoms with Gasteiger partial charge in [-0.25, -0.2) is 13.1 Å². The second-order valence-corrected chi connectivity index (χ2v) is 9.19. The number of rotatable bonds is 7. The van der Waals surface area contributed by atoms with Crippen molar-refractivity contribution >= 4 is 21.4 Å². The molecule has 5 nitrogen and oxygen atoms in total. The van der Waals surface area contributed by atoms with Crippen LogP contribution in [0, 0.1) is 0 Å². The van der Waals surface area contributed by atoms with Crippen molar-refractivity contribution in [2.45, 2.75) is 11.4 Å². The highest BCUT2D eigenvalue weighted by Crippen LogP contribution is 2.24. The van der Waals surface area contributed by atoms with Crippen molar-refractivity contribution in [2.24, 2.45) is 0 Å². The Labute approximate surface area is 180 Å². The van der Waals surface area contributed by atoms with Crippen LogP contribution in [0.3, 0.4) is 0 Å². The van der Waals surface area contributed by atoms with Crippen LogP contribution in [0.25, 0.3) is 22.4 Å². The average Bonchev–Trinajstić information content (AvgIpc) is 3.33. The summed E-state index contributed by atoms with van der Waals surface area (Å²) in [5, 5.41) is 4.00. The van der Waals surface area contributed by atoms with Crippen molar-refractivity contribution < 1.29 is 13.2 Å². The Bertz CT molecular complexity index is 1220. The highest BCUT2D eigenvalue weighted by molar-refractivity contribution is 7.89. The van der Waals surface area contributed by atoms with E-state index >= 15 is 0 Å². The molecule has 2 aromatic carbocycles. The van der Waals surface area contributed by atoms with E-state index in [9.17, 15) is 8.42 Å². The van der Waals surface area contributed by atoms with Gasteiger partial charge in [-0.3, -0.25) is 4.98 Å². The fourth-order valence-electron chi connectivity index (χ4n) is 3.02. The van der Waals surface area contributed by atoms with Gasteiger partial charge >= 0.3 is 0 Å². The molecule has 0 saturated heterocycles. The maximum absolute atomic E-state index is 12.7. The van der Waals surface area contributed by atoms with Crippen molar-refractivity contribution in [1.82, 2.24) is 9.71 Å². The van der Waals surface area contributed by atoms with Crippen molar-refractivity contribution in [3.8, 4) is 28.1 Å². The fourth-order valence-corrected chi connectivity index (χ4v) is 4.69. The molecule has 7 heteroatoms. The molecule has 0 bridgehead atoms. The van der Waals surface area contributed by atoms with Gasteiger partial charge in [0.05, 0.1) is 17.7 Å². The Balaban J connectivity index is 1.46. The molecule has 1 N–H and O–H groups in total. The minimum Gasteiger partial charge on any atom is -0.497 e. The van der Waals surface area contributed by atoms with E-state index in [0.717, 1.165) is 33.7 Å². The summed E-state index contributed by atoms with van der Waals surface area (Å²) in [6, 6.07) is 20.2. The van der Waals surface area contributed by atoms with E-state index in [1.54, 1.807) is 48.9 Å². The molecule has 2 heterocycles. The van der Waals surface area contributed by atoms with Gasteiger partial charge in [-0.15, -0.1) is 0 Å². The van der Waals surface area contributed by atoms with Crippen molar-refractivity contribution in [3.63, 3.8) is 0 Å². The zero-order valence-electron chi connectivity index (χ0n) is 16.3. The molecular formula is C23H20N2O3S2. The SMILES string of the molecule is COc1ccc(-c2ccc(S(=O)(=O)NCc3ccnc(-c4ccsc4)c3)cc2)cc1. The number of aromatic nitrogens is 1. The summed E-state index contributed by atoms with van der Waals surface area (Å²) in [5.74, 6) is 0.778. The van der Waals surface area contributed by atoms with Crippen LogP contribution < -0.4 is 9.46 Å². The summed E-state index contributed by atoms with van der Waals surface area (Å²) in [7, 11) is -2.00. The molecule has 0 radical (unpaired) electrons. The van der Waals surface area contributed by atoms with Gasteiger partial charge in [-0.05, 0) is 64.5 Å². The molecule has 152 valence electrons. The van der Waals surface area contributed by atoms with Crippen LogP contribution in [0.4, 0.5) is 0 Å². The topological polar surface area (TPSA) is 68.3 Å². The van der Waals surface area contributed by atoms with Crippen LogP contribution in [0.5, 0.6) is 5.75 Å². The maximum atomic E-state index is 12.7. The fraction of sp³-hybridized carbons (Fsp3) is 0.0870. The molecule has 4 aromatic rings. The van der Waals surface area contributed by atoms with Crippen molar-refractivity contribution in [3.05, 3.63) is 89.3 Å². The van der Waals surface area contributed by atoms with E-state index in [2.05, 4.69) is 9.71 Å². The number of thiophene rings is 1. The third-order valence-electron chi connectivity index (χ3n) is 4.70. The molecule has 0 fully saturated rings. The summed E-state index contributed by atoms with van der Waals surface area (Å²) in [4.78, 5) is 4.58. The minimum atomic E-state index is -3.62. The highest BCUT2D eigenvalue weighted by atomic mass is 32.2. The van der Waals surface area contributed by atoms with Gasteiger partial charge in [0.15, 0.2) is 0 Å². The molecule has 0 aliphatic carbocycles. The van der Waals surface area contributed by atoms with Gasteiger partial charge in [-0.1, -0.05) is 24.3 Å². The Morgan fingerprint density at radius 2 is 1.63 bits per heavy atom. The Morgan fingerprint density at radius 1 is 0.933 bits per heavy atom. The maximum Gasteiger partial charge on any atom is 0.240 e. The molecule has 0 aliphatic rings. The molecule has 0 spiro atoms. The lowest BCUT2D eigenvalue weighted by molar-refractivity contribution is 0.415. The zero-order chi connectivity index (χ0) is 21.0. The van der Waals surface area contributed by atoms with Gasteiger partial charge in [0, 0.05) is 23.7 Å². The first-order valence-corrected chi connectivity index (χ1v) is 11.7. The van der Waals surface area contributed by atoms with Crippen molar-refractivity contribution in [1.29, 1.82) is 0 Å². The van der Waals surface area contributed by atoms with E-state index in [4.69, 9.17) is 4.74 Å². The van der Waals surface area contributed by atoms with Gasteiger partial charge in [0.1, 0.15) is 5.75 Å². The molecule has 0 saturated carbocycles. The van der Waals surface area contributed by atoms with Crippen LogP contribution in [0.2, 0.25) is 0 Å². The summed E-state index contributed by atoms with van der Waals surface area (Å²) in [6.07, 6.45) is 1.69. The quantitative estimate of drug-likeness (QED) is 0.444. The summed E-state index contributed by atoms with van der Waals surface area (Å²) in [6.45, 7) is 0.197. The number of sulfonamides is 1. The average molecular weight is 437 g/mol. The van der Waals surface area contributed by atoms with E-state index < -0.39 is 10.0 Å². The van der Waals surface area contributed by atoms with Crippen LogP contribution in [0.15, 0.2) is 88.6 Å². The number of ether oxygens (including phenoxy) is 1. The lowest BCUT2D eigenvalue weighted by Crippen LogP contribution is -2.23. The van der Waals surface area contributed by atoms with Crippen LogP contribution in [0.1, 0.15) is 5.56 Å². The largest absolute Gasteiger partial charge is 0.497 e. The third-order valence-corrected chi connectivity index (χ3v) is 6.80. The smallest absolute Gasteiger partial charge is 0.240 e. The number of hydrogen-bond acceptors (Lipinski definition) is 5. The number of nitrogens with one attached hydrogen (secondary N) is 1. The second-order valence-electron chi connectivity index (χ2n) is 6.64. The van der Waals surface area contributed by atoms with Gasteiger partial charge < -0.3 is 4.74 Å². The molecule has 4 rings (SSSR count). The normalized spacial score (nSPS) is 11.4. The third kappa shape index (κ3) is 4.59. The first-order chi connectivity index (χ1) is 14.5. The molecule has 2 aromatic heterocycles. The first-order valence-electron chi connectivity index (χ1n) is 9.27. The number of benzene rings is 2. The highest BCUT2D eigenvalue weighted by Gasteiger charge is 2.14. The molecule has 0 unspecified atom stereocenters. The Hall–Kier alpha value is -3.00. The number of hydrogen-bond donors (Lipinski definition) is 1. The predicted molar refractivity (Wildman–Crippen MR) is 120 cm³/mol. The predicted octanol–water partition coefficient (Wildman–Crippen LogP) is 4.96. The zero-order valence-corrected chi connectivity index (χ0v) is 17.9. The monoisotopic (exact) mass is 436 g/mol. The Kier molecular flexibility index (Phi) is 5.94.